The zero-order valence-corrected chi connectivity index (χ0v) is 14.5. The van der Waals surface area contributed by atoms with E-state index in [0.717, 1.165) is 28.8 Å². The Hall–Kier alpha value is -0.0600. The molecule has 0 heterocycles. The first kappa shape index (κ1) is 17.0. The fraction of sp³-hybridized carbons (Fsp3) is 0.600. The fourth-order valence-electron chi connectivity index (χ4n) is 1.78. The van der Waals surface area contributed by atoms with E-state index >= 15 is 0 Å². The lowest BCUT2D eigenvalue weighted by Gasteiger charge is -2.23. The van der Waals surface area contributed by atoms with Crippen LogP contribution in [0.2, 0.25) is 0 Å². The maximum absolute atomic E-state index is 13.9. The topological polar surface area (TPSA) is 12.0 Å². The number of halogens is 2. The predicted octanol–water partition coefficient (Wildman–Crippen LogP) is 4.64. The smallest absolute Gasteiger partial charge is 0.127 e. The first-order valence-electron chi connectivity index (χ1n) is 6.63. The van der Waals surface area contributed by atoms with Crippen molar-refractivity contribution in [2.75, 3.05) is 12.3 Å². The van der Waals surface area contributed by atoms with Crippen LogP contribution in [0.4, 0.5) is 4.39 Å². The molecule has 0 bridgehead atoms. The minimum absolute atomic E-state index is 0.127. The number of nitrogens with one attached hydrogen (secondary N) is 1. The molecule has 1 aromatic carbocycles. The molecule has 1 aromatic rings. The van der Waals surface area contributed by atoms with Crippen molar-refractivity contribution in [1.82, 2.24) is 5.32 Å². The molecular weight excluding hydrogens is 325 g/mol. The van der Waals surface area contributed by atoms with E-state index in [9.17, 15) is 4.39 Å². The first-order valence-corrected chi connectivity index (χ1v) is 8.41. The van der Waals surface area contributed by atoms with Crippen LogP contribution < -0.4 is 5.32 Å². The van der Waals surface area contributed by atoms with Gasteiger partial charge in [-0.05, 0) is 30.7 Å². The van der Waals surface area contributed by atoms with Crippen molar-refractivity contribution in [1.29, 1.82) is 0 Å². The van der Waals surface area contributed by atoms with Gasteiger partial charge in [-0.3, -0.25) is 0 Å². The highest BCUT2D eigenvalue weighted by atomic mass is 79.9. The highest BCUT2D eigenvalue weighted by molar-refractivity contribution is 9.10. The number of hydrogen-bond donors (Lipinski definition) is 1. The third kappa shape index (κ3) is 6.77. The lowest BCUT2D eigenvalue weighted by molar-refractivity contribution is 0.543. The lowest BCUT2D eigenvalue weighted by atomic mass is 10.1. The number of rotatable bonds is 6. The summed E-state index contributed by atoms with van der Waals surface area (Å²) < 4.78 is 14.9. The quantitative estimate of drug-likeness (QED) is 0.804. The molecule has 0 amide bonds. The SMILES string of the molecule is CCNC(CSC(C)(C)C)Cc1ccc(Br)cc1F. The predicted molar refractivity (Wildman–Crippen MR) is 87.5 cm³/mol. The Kier molecular flexibility index (Phi) is 6.84. The summed E-state index contributed by atoms with van der Waals surface area (Å²) in [6.07, 6.45) is 0.732. The molecule has 4 heteroatoms. The van der Waals surface area contributed by atoms with E-state index in [2.05, 4.69) is 48.9 Å². The summed E-state index contributed by atoms with van der Waals surface area (Å²) >= 11 is 5.21. The van der Waals surface area contributed by atoms with Crippen molar-refractivity contribution < 1.29 is 4.39 Å². The molecule has 1 rings (SSSR count). The van der Waals surface area contributed by atoms with Gasteiger partial charge in [0, 0.05) is 21.0 Å². The van der Waals surface area contributed by atoms with Gasteiger partial charge in [0.15, 0.2) is 0 Å². The second-order valence-electron chi connectivity index (χ2n) is 5.62. The van der Waals surface area contributed by atoms with Crippen LogP contribution in [0.15, 0.2) is 22.7 Å². The molecule has 0 aliphatic carbocycles. The Morgan fingerprint density at radius 1 is 1.37 bits per heavy atom. The highest BCUT2D eigenvalue weighted by Gasteiger charge is 2.17. The summed E-state index contributed by atoms with van der Waals surface area (Å²) in [6, 6.07) is 5.61. The largest absolute Gasteiger partial charge is 0.313 e. The molecule has 0 spiro atoms. The van der Waals surface area contributed by atoms with Gasteiger partial charge >= 0.3 is 0 Å². The average molecular weight is 348 g/mol. The summed E-state index contributed by atoms with van der Waals surface area (Å²) in [5, 5.41) is 3.45. The van der Waals surface area contributed by atoms with Crippen LogP contribution in [-0.2, 0) is 6.42 Å². The molecule has 1 nitrogen and oxygen atoms in total. The molecule has 19 heavy (non-hydrogen) atoms. The molecule has 0 saturated heterocycles. The molecule has 1 unspecified atom stereocenters. The van der Waals surface area contributed by atoms with Gasteiger partial charge in [-0.15, -0.1) is 0 Å². The van der Waals surface area contributed by atoms with Gasteiger partial charge in [0.1, 0.15) is 5.82 Å². The number of thioether (sulfide) groups is 1. The van der Waals surface area contributed by atoms with Crippen LogP contribution in [0.3, 0.4) is 0 Å². The van der Waals surface area contributed by atoms with E-state index in [-0.39, 0.29) is 10.6 Å². The summed E-state index contributed by atoms with van der Waals surface area (Å²) in [5.74, 6) is 0.866. The monoisotopic (exact) mass is 347 g/mol. The molecule has 0 aliphatic heterocycles. The normalized spacial score (nSPS) is 13.6. The van der Waals surface area contributed by atoms with Crippen LogP contribution in [0.5, 0.6) is 0 Å². The molecule has 108 valence electrons. The Bertz CT molecular complexity index is 404. The van der Waals surface area contributed by atoms with E-state index in [0.29, 0.717) is 6.04 Å². The first-order chi connectivity index (χ1) is 8.81. The highest BCUT2D eigenvalue weighted by Crippen LogP contribution is 2.25. The van der Waals surface area contributed by atoms with E-state index in [4.69, 9.17) is 0 Å². The minimum Gasteiger partial charge on any atom is -0.313 e. The van der Waals surface area contributed by atoms with Crippen LogP contribution in [-0.4, -0.2) is 23.1 Å². The Balaban J connectivity index is 2.67. The van der Waals surface area contributed by atoms with Crippen molar-refractivity contribution in [2.45, 2.75) is 44.9 Å². The van der Waals surface area contributed by atoms with E-state index in [1.165, 1.54) is 6.07 Å². The molecule has 0 aliphatic rings. The second kappa shape index (κ2) is 7.65. The molecule has 0 radical (unpaired) electrons. The minimum atomic E-state index is -0.127. The maximum Gasteiger partial charge on any atom is 0.127 e. The standard InChI is InChI=1S/C15H23BrFNS/c1-5-18-13(10-19-15(2,3)4)8-11-6-7-12(16)9-14(11)17/h6-7,9,13,18H,5,8,10H2,1-4H3. The fourth-order valence-corrected chi connectivity index (χ4v) is 3.05. The third-order valence-corrected chi connectivity index (χ3v) is 4.62. The molecule has 0 aromatic heterocycles. The molecular formula is C15H23BrFNS. The van der Waals surface area contributed by atoms with Crippen molar-refractivity contribution >= 4 is 27.7 Å². The van der Waals surface area contributed by atoms with Gasteiger partial charge in [-0.1, -0.05) is 49.7 Å². The lowest BCUT2D eigenvalue weighted by Crippen LogP contribution is -2.34. The molecule has 0 fully saturated rings. The van der Waals surface area contributed by atoms with Gasteiger partial charge in [0.2, 0.25) is 0 Å². The summed E-state index contributed by atoms with van der Waals surface area (Å²) in [7, 11) is 0. The average Bonchev–Trinajstić information content (AvgIpc) is 2.28. The van der Waals surface area contributed by atoms with Crippen molar-refractivity contribution in [2.24, 2.45) is 0 Å². The van der Waals surface area contributed by atoms with Gasteiger partial charge in [-0.2, -0.15) is 11.8 Å². The number of hydrogen-bond acceptors (Lipinski definition) is 2. The number of likely N-dealkylation sites (N-methyl/N-ethyl adjacent to an activating group) is 1. The van der Waals surface area contributed by atoms with Crippen molar-refractivity contribution in [3.63, 3.8) is 0 Å². The molecule has 1 N–H and O–H groups in total. The van der Waals surface area contributed by atoms with Crippen molar-refractivity contribution in [3.05, 3.63) is 34.1 Å². The Morgan fingerprint density at radius 2 is 2.05 bits per heavy atom. The summed E-state index contributed by atoms with van der Waals surface area (Å²) in [5.41, 5.74) is 0.781. The Labute approximate surface area is 128 Å². The van der Waals surface area contributed by atoms with E-state index in [1.807, 2.05) is 23.9 Å². The van der Waals surface area contributed by atoms with Gasteiger partial charge < -0.3 is 5.32 Å². The third-order valence-electron chi connectivity index (χ3n) is 2.69. The van der Waals surface area contributed by atoms with Gasteiger partial charge in [0.05, 0.1) is 0 Å². The van der Waals surface area contributed by atoms with E-state index in [1.54, 1.807) is 0 Å². The van der Waals surface area contributed by atoms with Crippen LogP contribution in [0.1, 0.15) is 33.3 Å². The number of benzene rings is 1. The van der Waals surface area contributed by atoms with Crippen molar-refractivity contribution in [3.8, 4) is 0 Å². The molecule has 1 atom stereocenters. The Morgan fingerprint density at radius 3 is 2.58 bits per heavy atom. The van der Waals surface area contributed by atoms with Crippen LogP contribution >= 0.6 is 27.7 Å². The summed E-state index contributed by atoms with van der Waals surface area (Å²) in [6.45, 7) is 9.63. The van der Waals surface area contributed by atoms with Gasteiger partial charge in [-0.25, -0.2) is 4.39 Å². The van der Waals surface area contributed by atoms with Gasteiger partial charge in [0.25, 0.3) is 0 Å². The van der Waals surface area contributed by atoms with Crippen LogP contribution in [0.25, 0.3) is 0 Å². The van der Waals surface area contributed by atoms with E-state index < -0.39 is 0 Å². The molecule has 0 saturated carbocycles. The zero-order chi connectivity index (χ0) is 14.5. The maximum atomic E-state index is 13.9. The second-order valence-corrected chi connectivity index (χ2v) is 8.38. The summed E-state index contributed by atoms with van der Waals surface area (Å²) in [4.78, 5) is 0. The zero-order valence-electron chi connectivity index (χ0n) is 12.1. The van der Waals surface area contributed by atoms with Crippen LogP contribution in [0, 0.1) is 5.82 Å².